The van der Waals surface area contributed by atoms with Crippen LogP contribution >= 0.6 is 0 Å². The molecule has 0 amide bonds. The number of pyridine rings is 1. The van der Waals surface area contributed by atoms with E-state index in [1.165, 1.54) is 23.3 Å². The van der Waals surface area contributed by atoms with E-state index >= 15 is 0 Å². The number of hydrogen-bond acceptors (Lipinski definition) is 2. The van der Waals surface area contributed by atoms with Crippen LogP contribution in [0.4, 0.5) is 5.69 Å². The molecule has 0 saturated heterocycles. The second-order valence-electron chi connectivity index (χ2n) is 6.44. The molecule has 2 bridgehead atoms. The molecule has 21 heavy (non-hydrogen) atoms. The Morgan fingerprint density at radius 2 is 2.05 bits per heavy atom. The van der Waals surface area contributed by atoms with Crippen LogP contribution in [0.25, 0.3) is 10.9 Å². The number of aromatic amines is 1. The van der Waals surface area contributed by atoms with Crippen LogP contribution in [-0.4, -0.2) is 6.54 Å². The van der Waals surface area contributed by atoms with Gasteiger partial charge in [0.05, 0.1) is 11.1 Å². The summed E-state index contributed by atoms with van der Waals surface area (Å²) in [6.07, 6.45) is 6.93. The van der Waals surface area contributed by atoms with Crippen LogP contribution in [-0.2, 0) is 6.42 Å². The van der Waals surface area contributed by atoms with Gasteiger partial charge >= 0.3 is 0 Å². The van der Waals surface area contributed by atoms with Gasteiger partial charge in [-0.3, -0.25) is 0 Å². The normalized spacial score (nSPS) is 23.8. The van der Waals surface area contributed by atoms with Crippen LogP contribution in [0.3, 0.4) is 0 Å². The summed E-state index contributed by atoms with van der Waals surface area (Å²) in [6.45, 7) is 0.747. The minimum atomic E-state index is 0.561. The van der Waals surface area contributed by atoms with Crippen molar-refractivity contribution in [1.29, 1.82) is 0 Å². The Morgan fingerprint density at radius 1 is 1.19 bits per heavy atom. The van der Waals surface area contributed by atoms with Crippen molar-refractivity contribution in [3.05, 3.63) is 47.2 Å². The number of nitrogen functional groups attached to an aromatic ring is 1. The zero-order chi connectivity index (χ0) is 14.4. The molecule has 2 aliphatic rings. The molecule has 2 unspecified atom stereocenters. The molecule has 4 rings (SSSR count). The highest BCUT2D eigenvalue weighted by Crippen LogP contribution is 2.45. The summed E-state index contributed by atoms with van der Waals surface area (Å²) in [6, 6.07) is 8.36. The number of hydrogen-bond donors (Lipinski definition) is 2. The zero-order valence-electron chi connectivity index (χ0n) is 12.2. The number of nitrogens with one attached hydrogen (secondary N) is 1. The smallest absolute Gasteiger partial charge is 0.213 e. The van der Waals surface area contributed by atoms with Crippen molar-refractivity contribution in [2.24, 2.45) is 11.7 Å². The van der Waals surface area contributed by atoms with Crippen molar-refractivity contribution in [3.63, 3.8) is 0 Å². The van der Waals surface area contributed by atoms with Crippen molar-refractivity contribution in [3.8, 4) is 0 Å². The van der Waals surface area contributed by atoms with E-state index in [4.69, 9.17) is 11.5 Å². The first kappa shape index (κ1) is 12.8. The number of fused-ring (bicyclic) bond motifs is 5. The van der Waals surface area contributed by atoms with Gasteiger partial charge in [-0.15, -0.1) is 0 Å². The van der Waals surface area contributed by atoms with E-state index in [0.717, 1.165) is 42.4 Å². The van der Waals surface area contributed by atoms with E-state index in [1.807, 2.05) is 0 Å². The Hall–Kier alpha value is -1.87. The van der Waals surface area contributed by atoms with E-state index in [-0.39, 0.29) is 0 Å². The second-order valence-corrected chi connectivity index (χ2v) is 6.44. The number of para-hydroxylation sites is 1. The first-order valence-corrected chi connectivity index (χ1v) is 7.88. The van der Waals surface area contributed by atoms with Gasteiger partial charge in [0.2, 0.25) is 5.52 Å². The maximum atomic E-state index is 6.53. The van der Waals surface area contributed by atoms with E-state index < -0.39 is 0 Å². The average Bonchev–Trinajstić information content (AvgIpc) is 2.47. The molecule has 2 aromatic rings. The molecule has 0 fully saturated rings. The average molecular weight is 280 g/mol. The third-order valence-corrected chi connectivity index (χ3v) is 5.03. The predicted octanol–water partition coefficient (Wildman–Crippen LogP) is 2.56. The van der Waals surface area contributed by atoms with Gasteiger partial charge in [0, 0.05) is 18.1 Å². The highest BCUT2D eigenvalue weighted by molar-refractivity contribution is 5.90. The summed E-state index contributed by atoms with van der Waals surface area (Å²) in [5.41, 5.74) is 18.6. The fraction of sp³-hybridized carbons (Fsp3) is 0.389. The SMILES string of the molecule is NCCC1=CC2Cc3[nH+]c4ccccc4c(N)c3C(C1)C2. The van der Waals surface area contributed by atoms with Crippen molar-refractivity contribution in [2.45, 2.75) is 31.6 Å². The summed E-state index contributed by atoms with van der Waals surface area (Å²) in [7, 11) is 0. The standard InChI is InChI=1S/C18H21N3/c19-6-5-11-7-12-9-13(8-11)17-16(10-12)21-15-4-2-1-3-14(15)18(17)20/h1-4,7,12-13H,5-6,8-10,19H2,(H2,20,21)/p+1. The Balaban J connectivity index is 1.85. The van der Waals surface area contributed by atoms with E-state index in [9.17, 15) is 0 Å². The Kier molecular flexibility index (Phi) is 2.96. The van der Waals surface area contributed by atoms with Gasteiger partial charge in [0.25, 0.3) is 0 Å². The molecule has 3 heteroatoms. The third-order valence-electron chi connectivity index (χ3n) is 5.03. The molecule has 1 aromatic heterocycles. The summed E-state index contributed by atoms with van der Waals surface area (Å²) in [5.74, 6) is 1.21. The first-order valence-electron chi connectivity index (χ1n) is 7.88. The van der Waals surface area contributed by atoms with E-state index in [2.05, 4.69) is 35.3 Å². The summed E-state index contributed by atoms with van der Waals surface area (Å²) < 4.78 is 0. The molecule has 3 nitrogen and oxygen atoms in total. The number of H-pyrrole nitrogens is 1. The third kappa shape index (κ3) is 2.04. The fourth-order valence-corrected chi connectivity index (χ4v) is 4.22. The van der Waals surface area contributed by atoms with Crippen LogP contribution in [0.15, 0.2) is 35.9 Å². The molecule has 5 N–H and O–H groups in total. The number of nitrogens with two attached hydrogens (primary N) is 2. The van der Waals surface area contributed by atoms with Gasteiger partial charge in [-0.25, -0.2) is 4.98 Å². The quantitative estimate of drug-likeness (QED) is 0.830. The summed E-state index contributed by atoms with van der Waals surface area (Å²) >= 11 is 0. The second kappa shape index (κ2) is 4.85. The molecule has 1 aromatic carbocycles. The number of benzene rings is 1. The van der Waals surface area contributed by atoms with Crippen LogP contribution in [0.2, 0.25) is 0 Å². The van der Waals surface area contributed by atoms with Crippen molar-refractivity contribution in [1.82, 2.24) is 0 Å². The lowest BCUT2D eigenvalue weighted by atomic mass is 9.70. The largest absolute Gasteiger partial charge is 0.398 e. The van der Waals surface area contributed by atoms with Crippen LogP contribution in [0, 0.1) is 5.92 Å². The summed E-state index contributed by atoms with van der Waals surface area (Å²) in [4.78, 5) is 3.63. The molecule has 2 atom stereocenters. The van der Waals surface area contributed by atoms with Crippen LogP contribution in [0.5, 0.6) is 0 Å². The van der Waals surface area contributed by atoms with Gasteiger partial charge < -0.3 is 11.5 Å². The highest BCUT2D eigenvalue weighted by Gasteiger charge is 2.36. The monoisotopic (exact) mass is 280 g/mol. The minimum absolute atomic E-state index is 0.561. The van der Waals surface area contributed by atoms with Crippen molar-refractivity contribution >= 4 is 16.6 Å². The molecule has 0 radical (unpaired) electrons. The first-order chi connectivity index (χ1) is 10.3. The molecule has 108 valence electrons. The van der Waals surface area contributed by atoms with Gasteiger partial charge in [-0.2, -0.15) is 0 Å². The lowest BCUT2D eigenvalue weighted by molar-refractivity contribution is -0.360. The van der Waals surface area contributed by atoms with Gasteiger partial charge in [-0.1, -0.05) is 23.8 Å². The highest BCUT2D eigenvalue weighted by atomic mass is 14.7. The summed E-state index contributed by atoms with van der Waals surface area (Å²) in [5, 5.41) is 1.16. The van der Waals surface area contributed by atoms with Gasteiger partial charge in [0.15, 0.2) is 5.69 Å². The predicted molar refractivity (Wildman–Crippen MR) is 85.8 cm³/mol. The Morgan fingerprint density at radius 3 is 2.90 bits per heavy atom. The van der Waals surface area contributed by atoms with E-state index in [1.54, 1.807) is 0 Å². The van der Waals surface area contributed by atoms with Crippen LogP contribution in [0.1, 0.15) is 36.4 Å². The topological polar surface area (TPSA) is 66.2 Å². The molecular formula is C18H22N3+. The van der Waals surface area contributed by atoms with E-state index in [0.29, 0.717) is 11.8 Å². The molecular weight excluding hydrogens is 258 g/mol. The van der Waals surface area contributed by atoms with Gasteiger partial charge in [0.1, 0.15) is 0 Å². The molecule has 1 heterocycles. The fourth-order valence-electron chi connectivity index (χ4n) is 4.22. The van der Waals surface area contributed by atoms with Gasteiger partial charge in [-0.05, 0) is 43.7 Å². The van der Waals surface area contributed by atoms with Crippen molar-refractivity contribution in [2.75, 3.05) is 12.3 Å². The van der Waals surface area contributed by atoms with Crippen molar-refractivity contribution < 1.29 is 4.98 Å². The number of rotatable bonds is 2. The number of allylic oxidation sites excluding steroid dienone is 1. The molecule has 2 aliphatic carbocycles. The maximum absolute atomic E-state index is 6.53. The molecule has 0 aliphatic heterocycles. The molecule has 0 saturated carbocycles. The lowest BCUT2D eigenvalue weighted by Gasteiger charge is -2.33. The number of anilines is 1. The zero-order valence-corrected chi connectivity index (χ0v) is 12.2. The Bertz CT molecular complexity index is 733. The minimum Gasteiger partial charge on any atom is -0.398 e. The lowest BCUT2D eigenvalue weighted by Crippen LogP contribution is -2.30. The number of aromatic nitrogens is 1. The maximum Gasteiger partial charge on any atom is 0.213 e. The molecule has 0 spiro atoms. The Labute approximate surface area is 125 Å². The van der Waals surface area contributed by atoms with Crippen LogP contribution < -0.4 is 16.5 Å².